The summed E-state index contributed by atoms with van der Waals surface area (Å²) in [5.41, 5.74) is 1.54. The quantitative estimate of drug-likeness (QED) is 0.637. The van der Waals surface area contributed by atoms with Crippen molar-refractivity contribution in [3.8, 4) is 5.69 Å². The zero-order valence-corrected chi connectivity index (χ0v) is 17.9. The van der Waals surface area contributed by atoms with E-state index >= 15 is 0 Å². The van der Waals surface area contributed by atoms with Crippen LogP contribution in [0.25, 0.3) is 16.6 Å². The summed E-state index contributed by atoms with van der Waals surface area (Å²) in [6.45, 7) is 7.69. The second-order valence-corrected chi connectivity index (χ2v) is 8.81. The molecule has 1 fully saturated rings. The Morgan fingerprint density at radius 2 is 1.83 bits per heavy atom. The Labute approximate surface area is 176 Å². The highest BCUT2D eigenvalue weighted by Crippen LogP contribution is 2.30. The Kier molecular flexibility index (Phi) is 5.10. The van der Waals surface area contributed by atoms with Crippen molar-refractivity contribution in [1.82, 2.24) is 14.5 Å². The summed E-state index contributed by atoms with van der Waals surface area (Å²) in [7, 11) is 0. The third kappa shape index (κ3) is 4.08. The Balaban J connectivity index is 1.85. The molecule has 1 aromatic heterocycles. The van der Waals surface area contributed by atoms with Crippen LogP contribution < -0.4 is 5.56 Å². The van der Waals surface area contributed by atoms with Crippen LogP contribution in [0.5, 0.6) is 0 Å². The van der Waals surface area contributed by atoms with Crippen LogP contribution in [0, 0.1) is 6.92 Å². The maximum absolute atomic E-state index is 13.5. The van der Waals surface area contributed by atoms with Gasteiger partial charge in [-0.15, -0.1) is 0 Å². The van der Waals surface area contributed by atoms with Gasteiger partial charge in [0, 0.05) is 6.04 Å². The molecule has 1 heterocycles. The van der Waals surface area contributed by atoms with Gasteiger partial charge in [-0.05, 0) is 64.3 Å². The molecular weight excluding hydrogens is 378 g/mol. The van der Waals surface area contributed by atoms with E-state index in [2.05, 4.69) is 0 Å². The Morgan fingerprint density at radius 1 is 1.13 bits per heavy atom. The van der Waals surface area contributed by atoms with E-state index in [9.17, 15) is 9.59 Å². The number of hydrogen-bond donors (Lipinski definition) is 0. The number of aromatic nitrogens is 2. The molecule has 4 rings (SSSR count). The topological polar surface area (TPSA) is 64.4 Å². The highest BCUT2D eigenvalue weighted by molar-refractivity contribution is 5.81. The molecule has 0 aliphatic heterocycles. The first kappa shape index (κ1) is 20.1. The second kappa shape index (κ2) is 7.59. The minimum atomic E-state index is -0.586. The summed E-state index contributed by atoms with van der Waals surface area (Å²) < 4.78 is 7.25. The number of rotatable bonds is 4. The van der Waals surface area contributed by atoms with Crippen LogP contribution in [-0.2, 0) is 11.3 Å². The molecule has 6 nitrogen and oxygen atoms in total. The van der Waals surface area contributed by atoms with Crippen molar-refractivity contribution in [3.05, 3.63) is 70.3 Å². The van der Waals surface area contributed by atoms with E-state index in [1.165, 1.54) is 0 Å². The van der Waals surface area contributed by atoms with Gasteiger partial charge in [0.05, 0.1) is 23.1 Å². The summed E-state index contributed by atoms with van der Waals surface area (Å²) in [6, 6.07) is 15.2. The van der Waals surface area contributed by atoms with Gasteiger partial charge in [0.2, 0.25) is 0 Å². The second-order valence-electron chi connectivity index (χ2n) is 8.81. The lowest BCUT2D eigenvalue weighted by atomic mass is 10.1. The first-order chi connectivity index (χ1) is 14.2. The van der Waals surface area contributed by atoms with Crippen molar-refractivity contribution < 1.29 is 9.53 Å². The van der Waals surface area contributed by atoms with Crippen molar-refractivity contribution in [2.24, 2.45) is 0 Å². The van der Waals surface area contributed by atoms with Crippen molar-refractivity contribution >= 4 is 17.0 Å². The minimum absolute atomic E-state index is 0.120. The minimum Gasteiger partial charge on any atom is -0.444 e. The normalized spacial score (nSPS) is 14.0. The fourth-order valence-corrected chi connectivity index (χ4v) is 3.59. The number of ether oxygens (including phenoxy) is 1. The van der Waals surface area contributed by atoms with Gasteiger partial charge >= 0.3 is 6.09 Å². The van der Waals surface area contributed by atoms with Gasteiger partial charge in [0.25, 0.3) is 5.56 Å². The summed E-state index contributed by atoms with van der Waals surface area (Å²) in [5, 5.41) is 0.598. The lowest BCUT2D eigenvalue weighted by Crippen LogP contribution is -2.39. The van der Waals surface area contributed by atoms with Crippen LogP contribution in [0.15, 0.2) is 53.3 Å². The van der Waals surface area contributed by atoms with Crippen molar-refractivity contribution in [2.75, 3.05) is 0 Å². The summed E-state index contributed by atoms with van der Waals surface area (Å²) >= 11 is 0. The van der Waals surface area contributed by atoms with E-state index in [4.69, 9.17) is 9.72 Å². The van der Waals surface area contributed by atoms with E-state index in [1.54, 1.807) is 9.47 Å². The Hall–Kier alpha value is -3.15. The Bertz CT molecular complexity index is 1140. The van der Waals surface area contributed by atoms with Gasteiger partial charge in [-0.1, -0.05) is 30.3 Å². The number of carbonyl (C=O) groups is 1. The van der Waals surface area contributed by atoms with Gasteiger partial charge in [-0.2, -0.15) is 0 Å². The van der Waals surface area contributed by atoms with E-state index in [0.717, 1.165) is 24.1 Å². The van der Waals surface area contributed by atoms with Gasteiger partial charge in [0.15, 0.2) is 0 Å². The predicted octanol–water partition coefficient (Wildman–Crippen LogP) is 4.59. The average Bonchev–Trinajstić information content (AvgIpc) is 3.50. The lowest BCUT2D eigenvalue weighted by molar-refractivity contribution is 0.0210. The fourth-order valence-electron chi connectivity index (χ4n) is 3.59. The molecule has 0 spiro atoms. The fraction of sp³-hybridized carbons (Fsp3) is 0.375. The van der Waals surface area contributed by atoms with E-state index in [1.807, 2.05) is 76.2 Å². The maximum atomic E-state index is 13.5. The molecule has 1 aliphatic rings. The molecule has 0 radical (unpaired) electrons. The summed E-state index contributed by atoms with van der Waals surface area (Å²) in [4.78, 5) is 32.9. The first-order valence-corrected chi connectivity index (χ1v) is 10.3. The van der Waals surface area contributed by atoms with Crippen LogP contribution in [0.4, 0.5) is 4.79 Å². The third-order valence-electron chi connectivity index (χ3n) is 5.12. The van der Waals surface area contributed by atoms with E-state index in [0.29, 0.717) is 16.7 Å². The zero-order chi connectivity index (χ0) is 21.5. The largest absolute Gasteiger partial charge is 0.444 e. The van der Waals surface area contributed by atoms with Crippen LogP contribution in [0.1, 0.15) is 45.0 Å². The molecule has 0 N–H and O–H groups in total. The molecule has 3 aromatic rings. The molecule has 1 aliphatic carbocycles. The number of hydrogen-bond acceptors (Lipinski definition) is 4. The van der Waals surface area contributed by atoms with Crippen molar-refractivity contribution in [1.29, 1.82) is 0 Å². The molecule has 156 valence electrons. The number of para-hydroxylation sites is 1. The number of amides is 1. The SMILES string of the molecule is Cc1cccc2nc(CN(C(=O)OC(C)(C)C)C3CC3)n(-c3ccccc3)c(=O)c12. The molecule has 2 aromatic carbocycles. The molecule has 6 heteroatoms. The standard InChI is InChI=1S/C24H27N3O3/c1-16-9-8-12-19-21(16)22(28)27(18-10-6-5-7-11-18)20(25-19)15-26(17-13-14-17)23(29)30-24(2,3)4/h5-12,17H,13-15H2,1-4H3. The highest BCUT2D eigenvalue weighted by Gasteiger charge is 2.36. The molecule has 0 saturated heterocycles. The third-order valence-corrected chi connectivity index (χ3v) is 5.12. The van der Waals surface area contributed by atoms with Crippen LogP contribution in [-0.4, -0.2) is 32.2 Å². The summed E-state index contributed by atoms with van der Waals surface area (Å²) in [5.74, 6) is 0.530. The van der Waals surface area contributed by atoms with Gasteiger partial charge < -0.3 is 4.74 Å². The maximum Gasteiger partial charge on any atom is 0.410 e. The monoisotopic (exact) mass is 405 g/mol. The predicted molar refractivity (Wildman–Crippen MR) is 117 cm³/mol. The molecule has 0 atom stereocenters. The Morgan fingerprint density at radius 3 is 2.47 bits per heavy atom. The van der Waals surface area contributed by atoms with Crippen LogP contribution >= 0.6 is 0 Å². The van der Waals surface area contributed by atoms with Gasteiger partial charge in [-0.3, -0.25) is 14.3 Å². The zero-order valence-electron chi connectivity index (χ0n) is 17.9. The van der Waals surface area contributed by atoms with Crippen LogP contribution in [0.3, 0.4) is 0 Å². The van der Waals surface area contributed by atoms with Crippen molar-refractivity contribution in [2.45, 2.75) is 58.7 Å². The van der Waals surface area contributed by atoms with Crippen molar-refractivity contribution in [3.63, 3.8) is 0 Å². The van der Waals surface area contributed by atoms with E-state index in [-0.39, 0.29) is 24.2 Å². The van der Waals surface area contributed by atoms with Crippen LogP contribution in [0.2, 0.25) is 0 Å². The van der Waals surface area contributed by atoms with Gasteiger partial charge in [0.1, 0.15) is 11.4 Å². The summed E-state index contributed by atoms with van der Waals surface area (Å²) in [6.07, 6.45) is 1.49. The number of fused-ring (bicyclic) bond motifs is 1. The average molecular weight is 405 g/mol. The molecular formula is C24H27N3O3. The first-order valence-electron chi connectivity index (χ1n) is 10.3. The lowest BCUT2D eigenvalue weighted by Gasteiger charge is -2.28. The number of aryl methyl sites for hydroxylation is 1. The number of carbonyl (C=O) groups excluding carboxylic acids is 1. The molecule has 0 bridgehead atoms. The highest BCUT2D eigenvalue weighted by atomic mass is 16.6. The molecule has 0 unspecified atom stereocenters. The van der Waals surface area contributed by atoms with E-state index < -0.39 is 5.60 Å². The van der Waals surface area contributed by atoms with Gasteiger partial charge in [-0.25, -0.2) is 9.78 Å². The smallest absolute Gasteiger partial charge is 0.410 e. The number of nitrogens with zero attached hydrogens (tertiary/aromatic N) is 3. The number of benzene rings is 2. The molecule has 30 heavy (non-hydrogen) atoms. The molecule has 1 amide bonds. The molecule has 1 saturated carbocycles.